The molecule has 0 radical (unpaired) electrons. The number of unbranched alkanes of at least 4 members (excludes halogenated alkanes) is 8. The first-order chi connectivity index (χ1) is 13.3. The molecule has 0 saturated carbocycles. The third-order valence-electron chi connectivity index (χ3n) is 4.64. The van der Waals surface area contributed by atoms with Gasteiger partial charge in [-0.1, -0.05) is 58.3 Å². The van der Waals surface area contributed by atoms with Gasteiger partial charge < -0.3 is 23.1 Å². The maximum Gasteiger partial charge on any atom is 1.00 e. The third-order valence-corrected chi connectivity index (χ3v) is 4.64. The summed E-state index contributed by atoms with van der Waals surface area (Å²) in [5.74, 6) is -2.46. The van der Waals surface area contributed by atoms with Crippen LogP contribution in [0.1, 0.15) is 80.9 Å². The van der Waals surface area contributed by atoms with Gasteiger partial charge in [0.1, 0.15) is 6.23 Å². The van der Waals surface area contributed by atoms with E-state index in [1.807, 2.05) is 0 Å². The number of aliphatic hydroxyl groups excluding tert-OH is 1. The topological polar surface area (TPSA) is 118 Å². The summed E-state index contributed by atoms with van der Waals surface area (Å²) < 4.78 is 0. The molecule has 0 aromatic rings. The Kier molecular flexibility index (Phi) is 26.2. The normalized spacial score (nSPS) is 11.3. The molecule has 0 rings (SSSR count). The first-order valence-corrected chi connectivity index (χ1v) is 10.4. The second-order valence-electron chi connectivity index (χ2n) is 7.30. The van der Waals surface area contributed by atoms with Crippen molar-refractivity contribution in [2.24, 2.45) is 0 Å². The summed E-state index contributed by atoms with van der Waals surface area (Å²) in [6.07, 6.45) is 9.66. The van der Waals surface area contributed by atoms with Crippen molar-refractivity contribution in [3.05, 3.63) is 0 Å². The van der Waals surface area contributed by atoms with E-state index in [2.05, 4.69) is 6.92 Å². The average molecular weight is 451 g/mol. The maximum atomic E-state index is 12.4. The van der Waals surface area contributed by atoms with E-state index in [0.717, 1.165) is 19.3 Å². The minimum atomic E-state index is -1.13. The summed E-state index contributed by atoms with van der Waals surface area (Å²) in [5.41, 5.74) is 0. The molecule has 0 aromatic carbocycles. The van der Waals surface area contributed by atoms with Gasteiger partial charge in [0, 0.05) is 19.5 Å². The monoisotopic (exact) mass is 450 g/mol. The van der Waals surface area contributed by atoms with Crippen LogP contribution < -0.4 is 59.1 Å². The first-order valence-electron chi connectivity index (χ1n) is 10.4. The molecule has 0 saturated heterocycles. The molecule has 1 atom stereocenters. The van der Waals surface area contributed by atoms with E-state index in [9.17, 15) is 19.5 Å². The van der Waals surface area contributed by atoms with E-state index in [1.54, 1.807) is 0 Å². The number of carbonyl (C=O) groups excluding carboxylic acids is 1. The van der Waals surface area contributed by atoms with Crippen molar-refractivity contribution in [2.45, 2.75) is 84.3 Å². The standard InChI is InChI=1S/C20H38N2O6.2Na.2H/c1-3-4-5-6-7-8-9-10-11-12-18(24)22(17(2)23)14-13-21(15-19(25)26)16-20(27)28;;;;/h17,23H,3-16H2,1-2H3,(H,25,26)(H,27,28);;;;/q;2*+1;2*-1. The Morgan fingerprint density at radius 2 is 1.23 bits per heavy atom. The third kappa shape index (κ3) is 20.2. The Bertz CT molecular complexity index is 461. The molecule has 10 heteroatoms. The van der Waals surface area contributed by atoms with Crippen LogP contribution in [0.3, 0.4) is 0 Å². The van der Waals surface area contributed by atoms with Crippen LogP contribution in [-0.2, 0) is 14.4 Å². The van der Waals surface area contributed by atoms with Crippen LogP contribution in [0.4, 0.5) is 0 Å². The van der Waals surface area contributed by atoms with Gasteiger partial charge in [0.15, 0.2) is 0 Å². The number of hydrogen-bond donors (Lipinski definition) is 3. The Morgan fingerprint density at radius 1 is 0.800 bits per heavy atom. The van der Waals surface area contributed by atoms with E-state index < -0.39 is 31.3 Å². The molecular weight excluding hydrogens is 410 g/mol. The van der Waals surface area contributed by atoms with Crippen LogP contribution in [0.2, 0.25) is 0 Å². The quantitative estimate of drug-likeness (QED) is 0.114. The predicted octanol–water partition coefficient (Wildman–Crippen LogP) is -3.22. The van der Waals surface area contributed by atoms with Crippen LogP contribution >= 0.6 is 0 Å². The zero-order valence-corrected chi connectivity index (χ0v) is 23.4. The smallest absolute Gasteiger partial charge is 1.00 e. The molecule has 30 heavy (non-hydrogen) atoms. The SMILES string of the molecule is CCCCCCCCCCCC(=O)N(CCN(CC(=O)O)CC(=O)O)C(C)O.[H-].[H-].[Na+].[Na+]. The van der Waals surface area contributed by atoms with Crippen molar-refractivity contribution < 1.29 is 91.7 Å². The van der Waals surface area contributed by atoms with Crippen LogP contribution in [0.25, 0.3) is 0 Å². The number of rotatable bonds is 18. The zero-order valence-electron chi connectivity index (χ0n) is 21.4. The molecule has 0 spiro atoms. The summed E-state index contributed by atoms with van der Waals surface area (Å²) in [7, 11) is 0. The fourth-order valence-electron chi connectivity index (χ4n) is 3.10. The molecule has 3 N–H and O–H groups in total. The molecule has 0 fully saturated rings. The molecule has 0 heterocycles. The van der Waals surface area contributed by atoms with Crippen molar-refractivity contribution in [3.8, 4) is 0 Å². The summed E-state index contributed by atoms with van der Waals surface area (Å²) in [6.45, 7) is 3.00. The summed E-state index contributed by atoms with van der Waals surface area (Å²) in [6, 6.07) is 0. The van der Waals surface area contributed by atoms with Crippen LogP contribution in [0.5, 0.6) is 0 Å². The number of nitrogens with zero attached hydrogens (tertiary/aromatic N) is 2. The van der Waals surface area contributed by atoms with Gasteiger partial charge in [-0.2, -0.15) is 0 Å². The van der Waals surface area contributed by atoms with Crippen molar-refractivity contribution in [1.29, 1.82) is 0 Å². The van der Waals surface area contributed by atoms with Crippen LogP contribution in [-0.4, -0.2) is 75.4 Å². The van der Waals surface area contributed by atoms with Gasteiger partial charge in [-0.25, -0.2) is 0 Å². The van der Waals surface area contributed by atoms with Gasteiger partial charge in [-0.05, 0) is 13.3 Å². The number of hydrogen-bond acceptors (Lipinski definition) is 5. The molecule has 1 amide bonds. The summed E-state index contributed by atoms with van der Waals surface area (Å²) in [4.78, 5) is 36.6. The molecule has 168 valence electrons. The minimum Gasteiger partial charge on any atom is -1.00 e. The zero-order chi connectivity index (χ0) is 21.4. The Balaban J connectivity index is -0.000000607. The number of carboxylic acid groups (broad SMARTS) is 2. The van der Waals surface area contributed by atoms with E-state index in [0.29, 0.717) is 6.42 Å². The Labute approximate surface area is 228 Å². The maximum absolute atomic E-state index is 12.4. The summed E-state index contributed by atoms with van der Waals surface area (Å²) >= 11 is 0. The minimum absolute atomic E-state index is 0. The fraction of sp³-hybridized carbons (Fsp3) is 0.850. The predicted molar refractivity (Wildman–Crippen MR) is 109 cm³/mol. The molecule has 0 aliphatic carbocycles. The largest absolute Gasteiger partial charge is 1.00 e. The van der Waals surface area contributed by atoms with Crippen LogP contribution in [0, 0.1) is 0 Å². The molecule has 1 unspecified atom stereocenters. The molecule has 0 aromatic heterocycles. The number of amides is 1. The first kappa shape index (κ1) is 34.9. The Morgan fingerprint density at radius 3 is 1.63 bits per heavy atom. The van der Waals surface area contributed by atoms with E-state index >= 15 is 0 Å². The van der Waals surface area contributed by atoms with E-state index in [4.69, 9.17) is 10.2 Å². The van der Waals surface area contributed by atoms with E-state index in [1.165, 1.54) is 55.2 Å². The van der Waals surface area contributed by atoms with Crippen molar-refractivity contribution in [2.75, 3.05) is 26.2 Å². The molecule has 0 bridgehead atoms. The number of carbonyl (C=O) groups is 3. The number of aliphatic carboxylic acids is 2. The fourth-order valence-corrected chi connectivity index (χ4v) is 3.10. The number of aliphatic hydroxyl groups is 1. The molecular formula is C20H40N2Na2O6. The van der Waals surface area contributed by atoms with E-state index in [-0.39, 0.29) is 81.0 Å². The van der Waals surface area contributed by atoms with Crippen LogP contribution in [0.15, 0.2) is 0 Å². The molecule has 8 nitrogen and oxygen atoms in total. The molecule has 0 aliphatic rings. The Hall–Kier alpha value is 0.330. The van der Waals surface area contributed by atoms with Gasteiger partial charge >= 0.3 is 71.1 Å². The van der Waals surface area contributed by atoms with Crippen molar-refractivity contribution >= 4 is 17.8 Å². The van der Waals surface area contributed by atoms with Gasteiger partial charge in [0.05, 0.1) is 13.1 Å². The average Bonchev–Trinajstić information content (AvgIpc) is 2.59. The van der Waals surface area contributed by atoms with Gasteiger partial charge in [0.2, 0.25) is 5.91 Å². The van der Waals surface area contributed by atoms with Gasteiger partial charge in [-0.15, -0.1) is 0 Å². The summed E-state index contributed by atoms with van der Waals surface area (Å²) in [5, 5.41) is 27.6. The molecule has 0 aliphatic heterocycles. The number of carboxylic acids is 2. The van der Waals surface area contributed by atoms with Gasteiger partial charge in [0.25, 0.3) is 0 Å². The second-order valence-corrected chi connectivity index (χ2v) is 7.30. The van der Waals surface area contributed by atoms with Crippen molar-refractivity contribution in [3.63, 3.8) is 0 Å². The van der Waals surface area contributed by atoms with Crippen molar-refractivity contribution in [1.82, 2.24) is 9.80 Å². The van der Waals surface area contributed by atoms with Gasteiger partial charge in [-0.3, -0.25) is 19.3 Å². The second kappa shape index (κ2) is 22.5.